The Morgan fingerprint density at radius 3 is 2.04 bits per heavy atom. The minimum absolute atomic E-state index is 0.181. The van der Waals surface area contributed by atoms with Crippen molar-refractivity contribution in [3.63, 3.8) is 0 Å². The van der Waals surface area contributed by atoms with Gasteiger partial charge in [-0.3, -0.25) is 14.4 Å². The number of hydrogen-bond donors (Lipinski definition) is 0. The molecule has 6 nitrogen and oxygen atoms in total. The van der Waals surface area contributed by atoms with Crippen molar-refractivity contribution in [3.05, 3.63) is 48.0 Å². The number of ether oxygens (including phenoxy) is 3. The fourth-order valence-corrected chi connectivity index (χ4v) is 3.32. The molecule has 2 atom stereocenters. The van der Waals surface area contributed by atoms with Crippen molar-refractivity contribution >= 4 is 17.9 Å². The summed E-state index contributed by atoms with van der Waals surface area (Å²) in [5.74, 6) is -4.02. The number of esters is 3. The minimum atomic E-state index is -1.83. The number of benzene rings is 1. The zero-order valence-electron chi connectivity index (χ0n) is 13.9. The highest BCUT2D eigenvalue weighted by Gasteiger charge is 2.63. The lowest BCUT2D eigenvalue weighted by Crippen LogP contribution is -2.54. The molecule has 6 heteroatoms. The minimum Gasteiger partial charge on any atom is -0.469 e. The molecule has 0 aliphatic heterocycles. The quantitative estimate of drug-likeness (QED) is 0.362. The number of rotatable bonds is 4. The van der Waals surface area contributed by atoms with Crippen LogP contribution < -0.4 is 0 Å². The molecule has 1 aromatic carbocycles. The van der Waals surface area contributed by atoms with E-state index in [1.807, 2.05) is 6.07 Å². The normalized spacial score (nSPS) is 21.6. The second-order valence-corrected chi connectivity index (χ2v) is 5.48. The zero-order valence-corrected chi connectivity index (χ0v) is 13.9. The fourth-order valence-electron chi connectivity index (χ4n) is 3.32. The highest BCUT2D eigenvalue weighted by molar-refractivity contribution is 6.05. The van der Waals surface area contributed by atoms with Crippen LogP contribution in [0.15, 0.2) is 42.5 Å². The van der Waals surface area contributed by atoms with Gasteiger partial charge >= 0.3 is 17.9 Å². The van der Waals surface area contributed by atoms with E-state index in [1.54, 1.807) is 36.4 Å². The van der Waals surface area contributed by atoms with Crippen LogP contribution in [-0.4, -0.2) is 39.2 Å². The van der Waals surface area contributed by atoms with Crippen molar-refractivity contribution in [1.82, 2.24) is 0 Å². The van der Waals surface area contributed by atoms with E-state index in [2.05, 4.69) is 0 Å². The SMILES string of the molecule is COC(=O)[C@H]1CC=C[C@@H](c2ccccc2)C1(C(=O)OC)C(=O)OC. The van der Waals surface area contributed by atoms with E-state index in [4.69, 9.17) is 14.2 Å². The third-order valence-electron chi connectivity index (χ3n) is 4.43. The molecule has 24 heavy (non-hydrogen) atoms. The molecule has 0 fully saturated rings. The van der Waals surface area contributed by atoms with Crippen LogP contribution in [0.25, 0.3) is 0 Å². The smallest absolute Gasteiger partial charge is 0.325 e. The van der Waals surface area contributed by atoms with Crippen LogP contribution in [0.2, 0.25) is 0 Å². The Bertz CT molecular complexity index is 633. The van der Waals surface area contributed by atoms with Crippen LogP contribution in [0.4, 0.5) is 0 Å². The number of hydrogen-bond acceptors (Lipinski definition) is 6. The highest BCUT2D eigenvalue weighted by atomic mass is 16.5. The Morgan fingerprint density at radius 2 is 1.54 bits per heavy atom. The Kier molecular flexibility index (Phi) is 5.39. The van der Waals surface area contributed by atoms with Gasteiger partial charge in [-0.1, -0.05) is 42.5 Å². The maximum Gasteiger partial charge on any atom is 0.325 e. The summed E-state index contributed by atoms with van der Waals surface area (Å²) in [4.78, 5) is 37.8. The molecule has 1 aromatic rings. The molecule has 0 unspecified atom stereocenters. The van der Waals surface area contributed by atoms with Crippen LogP contribution >= 0.6 is 0 Å². The molecule has 0 saturated heterocycles. The highest BCUT2D eigenvalue weighted by Crippen LogP contribution is 2.50. The van der Waals surface area contributed by atoms with E-state index in [1.165, 1.54) is 21.3 Å². The van der Waals surface area contributed by atoms with Crippen molar-refractivity contribution in [2.75, 3.05) is 21.3 Å². The second-order valence-electron chi connectivity index (χ2n) is 5.48. The van der Waals surface area contributed by atoms with E-state index in [-0.39, 0.29) is 6.42 Å². The Morgan fingerprint density at radius 1 is 0.958 bits per heavy atom. The van der Waals surface area contributed by atoms with Crippen molar-refractivity contribution in [3.8, 4) is 0 Å². The molecular formula is C18H20O6. The van der Waals surface area contributed by atoms with E-state index in [9.17, 15) is 14.4 Å². The largest absolute Gasteiger partial charge is 0.469 e. The summed E-state index contributed by atoms with van der Waals surface area (Å²) >= 11 is 0. The Labute approximate surface area is 140 Å². The third kappa shape index (κ3) is 2.68. The predicted molar refractivity (Wildman–Crippen MR) is 84.9 cm³/mol. The van der Waals surface area contributed by atoms with E-state index in [0.717, 1.165) is 0 Å². The van der Waals surface area contributed by atoms with Crippen LogP contribution in [-0.2, 0) is 28.6 Å². The summed E-state index contributed by atoms with van der Waals surface area (Å²) in [6.45, 7) is 0. The first-order valence-corrected chi connectivity index (χ1v) is 7.50. The van der Waals surface area contributed by atoms with Gasteiger partial charge in [-0.05, 0) is 12.0 Å². The summed E-state index contributed by atoms with van der Waals surface area (Å²) in [5, 5.41) is 0. The Hall–Kier alpha value is -2.63. The second kappa shape index (κ2) is 7.29. The first-order chi connectivity index (χ1) is 11.5. The molecule has 0 radical (unpaired) electrons. The summed E-state index contributed by atoms with van der Waals surface area (Å²) in [6, 6.07) is 8.99. The van der Waals surface area contributed by atoms with Crippen LogP contribution in [0.3, 0.4) is 0 Å². The van der Waals surface area contributed by atoms with Gasteiger partial charge < -0.3 is 14.2 Å². The molecule has 0 saturated carbocycles. The topological polar surface area (TPSA) is 78.9 Å². The molecule has 0 heterocycles. The zero-order chi connectivity index (χ0) is 17.7. The monoisotopic (exact) mass is 332 g/mol. The number of allylic oxidation sites excluding steroid dienone is 2. The van der Waals surface area contributed by atoms with Gasteiger partial charge in [0.05, 0.1) is 27.2 Å². The van der Waals surface area contributed by atoms with Crippen molar-refractivity contribution < 1.29 is 28.6 Å². The third-order valence-corrected chi connectivity index (χ3v) is 4.43. The van der Waals surface area contributed by atoms with Gasteiger partial charge in [0.2, 0.25) is 0 Å². The predicted octanol–water partition coefficient (Wildman–Crippen LogP) is 1.85. The number of carbonyl (C=O) groups is 3. The lowest BCUT2D eigenvalue weighted by Gasteiger charge is -2.41. The number of carbonyl (C=O) groups excluding carboxylic acids is 3. The van der Waals surface area contributed by atoms with Gasteiger partial charge in [0, 0.05) is 5.92 Å². The van der Waals surface area contributed by atoms with Crippen molar-refractivity contribution in [1.29, 1.82) is 0 Å². The van der Waals surface area contributed by atoms with Crippen LogP contribution in [0.1, 0.15) is 17.9 Å². The molecule has 0 amide bonds. The van der Waals surface area contributed by atoms with E-state index in [0.29, 0.717) is 5.56 Å². The Balaban J connectivity index is 2.73. The van der Waals surface area contributed by atoms with Gasteiger partial charge in [-0.15, -0.1) is 0 Å². The lowest BCUT2D eigenvalue weighted by molar-refractivity contribution is -0.182. The molecule has 1 aliphatic rings. The summed E-state index contributed by atoms with van der Waals surface area (Å²) in [6.07, 6.45) is 3.69. The maximum absolute atomic E-state index is 12.7. The fraction of sp³-hybridized carbons (Fsp3) is 0.389. The molecule has 2 rings (SSSR count). The summed E-state index contributed by atoms with van der Waals surface area (Å²) in [5.41, 5.74) is -1.12. The average Bonchev–Trinajstić information content (AvgIpc) is 2.65. The molecule has 128 valence electrons. The average molecular weight is 332 g/mol. The van der Waals surface area contributed by atoms with Gasteiger partial charge in [-0.25, -0.2) is 0 Å². The van der Waals surface area contributed by atoms with Gasteiger partial charge in [0.15, 0.2) is 5.41 Å². The molecule has 0 bridgehead atoms. The standard InChI is InChI=1S/C18H20O6/c1-22-15(19)14-11-7-10-13(12-8-5-4-6-9-12)18(14,16(20)23-2)17(21)24-3/h4-10,13-14H,11H2,1-3H3/t13-,14+/m0/s1. The first kappa shape index (κ1) is 17.7. The molecule has 0 spiro atoms. The summed E-state index contributed by atoms with van der Waals surface area (Å²) < 4.78 is 14.7. The maximum atomic E-state index is 12.7. The van der Waals surface area contributed by atoms with Gasteiger partial charge in [0.25, 0.3) is 0 Å². The molecule has 1 aliphatic carbocycles. The van der Waals surface area contributed by atoms with Gasteiger partial charge in [0.1, 0.15) is 0 Å². The van der Waals surface area contributed by atoms with Crippen molar-refractivity contribution in [2.24, 2.45) is 11.3 Å². The summed E-state index contributed by atoms with van der Waals surface area (Å²) in [7, 11) is 3.58. The van der Waals surface area contributed by atoms with E-state index < -0.39 is 35.2 Å². The van der Waals surface area contributed by atoms with Crippen molar-refractivity contribution in [2.45, 2.75) is 12.3 Å². The first-order valence-electron chi connectivity index (χ1n) is 7.50. The van der Waals surface area contributed by atoms with Gasteiger partial charge in [-0.2, -0.15) is 0 Å². The molecule has 0 N–H and O–H groups in total. The van der Waals surface area contributed by atoms with Crippen LogP contribution in [0.5, 0.6) is 0 Å². The van der Waals surface area contributed by atoms with Crippen LogP contribution in [0, 0.1) is 11.3 Å². The van der Waals surface area contributed by atoms with E-state index >= 15 is 0 Å². The molecule has 0 aromatic heterocycles. The molecular weight excluding hydrogens is 312 g/mol. The number of methoxy groups -OCH3 is 3. The lowest BCUT2D eigenvalue weighted by atomic mass is 9.60.